The van der Waals surface area contributed by atoms with Crippen molar-refractivity contribution in [3.05, 3.63) is 77.6 Å². The summed E-state index contributed by atoms with van der Waals surface area (Å²) >= 11 is 0. The number of carbonyl (C=O) groups excluding carboxylic acids is 1. The van der Waals surface area contributed by atoms with E-state index in [4.69, 9.17) is 0 Å². The standard InChI is InChI=1S/C21H17FN2O2/c22-15-4-8-18-17-7-3-14(9-19(17)24-20(18)11-15)10-21(26)23-12-13-1-5-16(25)6-2-13/h1-9,11,24-25H,10,12H2,(H,23,26). The number of aromatic nitrogens is 1. The first-order valence-corrected chi connectivity index (χ1v) is 8.33. The lowest BCUT2D eigenvalue weighted by molar-refractivity contribution is -0.120. The van der Waals surface area contributed by atoms with Gasteiger partial charge in [-0.05, 0) is 47.5 Å². The minimum atomic E-state index is -0.280. The van der Waals surface area contributed by atoms with E-state index in [2.05, 4.69) is 10.3 Å². The average molecular weight is 348 g/mol. The van der Waals surface area contributed by atoms with Crippen molar-refractivity contribution in [3.8, 4) is 5.75 Å². The van der Waals surface area contributed by atoms with Crippen molar-refractivity contribution in [2.24, 2.45) is 0 Å². The summed E-state index contributed by atoms with van der Waals surface area (Å²) in [5.41, 5.74) is 3.43. The predicted molar refractivity (Wildman–Crippen MR) is 99.4 cm³/mol. The Morgan fingerprint density at radius 2 is 1.58 bits per heavy atom. The number of carbonyl (C=O) groups is 1. The van der Waals surface area contributed by atoms with Crippen LogP contribution < -0.4 is 5.32 Å². The van der Waals surface area contributed by atoms with Crippen molar-refractivity contribution in [2.45, 2.75) is 13.0 Å². The second-order valence-electron chi connectivity index (χ2n) is 6.31. The Labute approximate surface area is 149 Å². The van der Waals surface area contributed by atoms with Gasteiger partial charge >= 0.3 is 0 Å². The fraction of sp³-hybridized carbons (Fsp3) is 0.0952. The lowest BCUT2D eigenvalue weighted by Gasteiger charge is -2.06. The smallest absolute Gasteiger partial charge is 0.224 e. The lowest BCUT2D eigenvalue weighted by atomic mass is 10.1. The monoisotopic (exact) mass is 348 g/mol. The molecule has 4 aromatic rings. The van der Waals surface area contributed by atoms with E-state index in [-0.39, 0.29) is 23.9 Å². The molecule has 0 unspecified atom stereocenters. The Morgan fingerprint density at radius 3 is 2.35 bits per heavy atom. The number of aromatic hydroxyl groups is 1. The fourth-order valence-corrected chi connectivity index (χ4v) is 3.10. The molecule has 0 aliphatic heterocycles. The zero-order valence-corrected chi connectivity index (χ0v) is 13.9. The van der Waals surface area contributed by atoms with Gasteiger partial charge in [0, 0.05) is 28.4 Å². The number of aromatic amines is 1. The summed E-state index contributed by atoms with van der Waals surface area (Å²) in [7, 11) is 0. The Kier molecular flexibility index (Phi) is 4.05. The summed E-state index contributed by atoms with van der Waals surface area (Å²) in [6.07, 6.45) is 0.262. The van der Waals surface area contributed by atoms with Gasteiger partial charge in [-0.15, -0.1) is 0 Å². The van der Waals surface area contributed by atoms with Crippen molar-refractivity contribution in [1.82, 2.24) is 10.3 Å². The van der Waals surface area contributed by atoms with Gasteiger partial charge in [0.2, 0.25) is 5.91 Å². The molecule has 0 aliphatic rings. The third kappa shape index (κ3) is 3.24. The number of hydrogen-bond acceptors (Lipinski definition) is 2. The number of benzene rings is 3. The quantitative estimate of drug-likeness (QED) is 0.521. The largest absolute Gasteiger partial charge is 0.508 e. The summed E-state index contributed by atoms with van der Waals surface area (Å²) in [6, 6.07) is 17.2. The maximum absolute atomic E-state index is 13.4. The summed E-state index contributed by atoms with van der Waals surface area (Å²) in [6.45, 7) is 0.410. The van der Waals surface area contributed by atoms with Gasteiger partial charge in [0.05, 0.1) is 6.42 Å². The van der Waals surface area contributed by atoms with Crippen LogP contribution >= 0.6 is 0 Å². The molecule has 0 saturated heterocycles. The average Bonchev–Trinajstić information content (AvgIpc) is 2.97. The normalized spacial score (nSPS) is 11.1. The molecule has 130 valence electrons. The molecule has 0 atom stereocenters. The maximum atomic E-state index is 13.4. The highest BCUT2D eigenvalue weighted by Crippen LogP contribution is 2.26. The van der Waals surface area contributed by atoms with Crippen molar-refractivity contribution in [1.29, 1.82) is 0 Å². The number of H-pyrrole nitrogens is 1. The van der Waals surface area contributed by atoms with Crippen molar-refractivity contribution >= 4 is 27.7 Å². The van der Waals surface area contributed by atoms with E-state index in [1.165, 1.54) is 12.1 Å². The van der Waals surface area contributed by atoms with Crippen LogP contribution in [-0.2, 0) is 17.8 Å². The Morgan fingerprint density at radius 1 is 0.923 bits per heavy atom. The van der Waals surface area contributed by atoms with Gasteiger partial charge in [-0.3, -0.25) is 4.79 Å². The molecule has 0 saturated carbocycles. The molecule has 0 spiro atoms. The van der Waals surface area contributed by atoms with E-state index in [1.807, 2.05) is 18.2 Å². The molecule has 26 heavy (non-hydrogen) atoms. The molecule has 0 aliphatic carbocycles. The van der Waals surface area contributed by atoms with Crippen LogP contribution in [0.5, 0.6) is 5.75 Å². The minimum absolute atomic E-state index is 0.0837. The molecule has 1 amide bonds. The Balaban J connectivity index is 1.48. The van der Waals surface area contributed by atoms with Gasteiger partial charge in [0.15, 0.2) is 0 Å². The fourth-order valence-electron chi connectivity index (χ4n) is 3.10. The van der Waals surface area contributed by atoms with E-state index < -0.39 is 0 Å². The summed E-state index contributed by atoms with van der Waals surface area (Å²) in [5, 5.41) is 14.1. The van der Waals surface area contributed by atoms with E-state index in [1.54, 1.807) is 30.3 Å². The zero-order valence-electron chi connectivity index (χ0n) is 13.9. The molecule has 3 aromatic carbocycles. The predicted octanol–water partition coefficient (Wildman–Crippen LogP) is 4.02. The molecular formula is C21H17FN2O2. The highest BCUT2D eigenvalue weighted by atomic mass is 19.1. The van der Waals surface area contributed by atoms with Crippen LogP contribution in [0, 0.1) is 5.82 Å². The van der Waals surface area contributed by atoms with E-state index >= 15 is 0 Å². The minimum Gasteiger partial charge on any atom is -0.508 e. The van der Waals surface area contributed by atoms with Gasteiger partial charge in [0.1, 0.15) is 11.6 Å². The van der Waals surface area contributed by atoms with Crippen LogP contribution in [0.3, 0.4) is 0 Å². The molecule has 0 radical (unpaired) electrons. The molecule has 5 heteroatoms. The molecule has 1 aromatic heterocycles. The van der Waals surface area contributed by atoms with E-state index in [9.17, 15) is 14.3 Å². The molecule has 0 fully saturated rings. The molecule has 3 N–H and O–H groups in total. The van der Waals surface area contributed by atoms with Crippen LogP contribution in [0.25, 0.3) is 21.8 Å². The lowest BCUT2D eigenvalue weighted by Crippen LogP contribution is -2.24. The third-order valence-corrected chi connectivity index (χ3v) is 4.42. The maximum Gasteiger partial charge on any atom is 0.224 e. The molecule has 4 nitrogen and oxygen atoms in total. The topological polar surface area (TPSA) is 65.1 Å². The van der Waals surface area contributed by atoms with Gasteiger partial charge < -0.3 is 15.4 Å². The molecule has 0 bridgehead atoms. The van der Waals surface area contributed by atoms with Crippen molar-refractivity contribution in [2.75, 3.05) is 0 Å². The van der Waals surface area contributed by atoms with E-state index in [0.717, 1.165) is 32.9 Å². The zero-order chi connectivity index (χ0) is 18.1. The Hall–Kier alpha value is -3.34. The number of fused-ring (bicyclic) bond motifs is 3. The van der Waals surface area contributed by atoms with Gasteiger partial charge in [0.25, 0.3) is 0 Å². The highest BCUT2D eigenvalue weighted by Gasteiger charge is 2.08. The van der Waals surface area contributed by atoms with Crippen molar-refractivity contribution < 1.29 is 14.3 Å². The number of hydrogen-bond donors (Lipinski definition) is 3. The van der Waals surface area contributed by atoms with Crippen LogP contribution in [0.1, 0.15) is 11.1 Å². The SMILES string of the molecule is O=C(Cc1ccc2c(c1)[nH]c1cc(F)ccc12)NCc1ccc(O)cc1. The van der Waals surface area contributed by atoms with Crippen LogP contribution in [0.15, 0.2) is 60.7 Å². The highest BCUT2D eigenvalue weighted by molar-refractivity contribution is 6.07. The first-order valence-electron chi connectivity index (χ1n) is 8.33. The van der Waals surface area contributed by atoms with E-state index in [0.29, 0.717) is 6.54 Å². The van der Waals surface area contributed by atoms with Crippen LogP contribution in [-0.4, -0.2) is 16.0 Å². The Bertz CT molecular complexity index is 1100. The molecule has 1 heterocycles. The molecule has 4 rings (SSSR count). The summed E-state index contributed by atoms with van der Waals surface area (Å²) in [5.74, 6) is -0.163. The third-order valence-electron chi connectivity index (χ3n) is 4.42. The number of nitrogens with one attached hydrogen (secondary N) is 2. The van der Waals surface area contributed by atoms with Gasteiger partial charge in [-0.2, -0.15) is 0 Å². The number of phenolic OH excluding ortho intramolecular Hbond substituents is 1. The number of rotatable bonds is 4. The van der Waals surface area contributed by atoms with Gasteiger partial charge in [-0.1, -0.05) is 24.3 Å². The molecular weight excluding hydrogens is 331 g/mol. The summed E-state index contributed by atoms with van der Waals surface area (Å²) in [4.78, 5) is 15.4. The number of phenols is 1. The van der Waals surface area contributed by atoms with Gasteiger partial charge in [-0.25, -0.2) is 4.39 Å². The first-order chi connectivity index (χ1) is 12.6. The summed E-state index contributed by atoms with van der Waals surface area (Å²) < 4.78 is 13.4. The second kappa shape index (κ2) is 6.52. The second-order valence-corrected chi connectivity index (χ2v) is 6.31. The first kappa shape index (κ1) is 16.1. The number of halogens is 1. The van der Waals surface area contributed by atoms with Crippen molar-refractivity contribution in [3.63, 3.8) is 0 Å². The van der Waals surface area contributed by atoms with Crippen LogP contribution in [0.2, 0.25) is 0 Å². The number of amides is 1. The van der Waals surface area contributed by atoms with Crippen LogP contribution in [0.4, 0.5) is 4.39 Å².